The minimum Gasteiger partial charge on any atom is -0.381 e. The Hall–Kier alpha value is -0.450. The molecular formula is C15H23BrFNO. The number of hydrogen-bond donors (Lipinski definition) is 1. The highest BCUT2D eigenvalue weighted by Gasteiger charge is 2.11. The summed E-state index contributed by atoms with van der Waals surface area (Å²) >= 11 is 3.28. The summed E-state index contributed by atoms with van der Waals surface area (Å²) < 4.78 is 20.1. The van der Waals surface area contributed by atoms with Gasteiger partial charge in [-0.2, -0.15) is 0 Å². The molecule has 0 fully saturated rings. The topological polar surface area (TPSA) is 21.3 Å². The predicted octanol–water partition coefficient (Wildman–Crippen LogP) is 3.93. The fourth-order valence-corrected chi connectivity index (χ4v) is 2.32. The second-order valence-electron chi connectivity index (χ2n) is 4.60. The SMILES string of the molecule is CCCOCCC(Cc1ccc(Br)cc1F)NCC. The average Bonchev–Trinajstić information content (AvgIpc) is 2.38. The lowest BCUT2D eigenvalue weighted by atomic mass is 10.0. The minimum atomic E-state index is -0.147. The van der Waals surface area contributed by atoms with Crippen LogP contribution in [0.4, 0.5) is 4.39 Å². The molecule has 0 saturated heterocycles. The molecule has 108 valence electrons. The molecule has 0 aliphatic rings. The molecule has 2 nitrogen and oxygen atoms in total. The van der Waals surface area contributed by atoms with Crippen molar-refractivity contribution in [1.29, 1.82) is 0 Å². The molecule has 0 spiro atoms. The lowest BCUT2D eigenvalue weighted by Gasteiger charge is -2.18. The van der Waals surface area contributed by atoms with Gasteiger partial charge in [0.15, 0.2) is 0 Å². The van der Waals surface area contributed by atoms with Gasteiger partial charge in [-0.1, -0.05) is 35.8 Å². The largest absolute Gasteiger partial charge is 0.381 e. The maximum absolute atomic E-state index is 13.8. The fraction of sp³-hybridized carbons (Fsp3) is 0.600. The van der Waals surface area contributed by atoms with Crippen molar-refractivity contribution in [2.45, 2.75) is 39.2 Å². The molecule has 0 amide bonds. The predicted molar refractivity (Wildman–Crippen MR) is 81.0 cm³/mol. The van der Waals surface area contributed by atoms with Crippen LogP contribution in [0.5, 0.6) is 0 Å². The number of rotatable bonds is 9. The van der Waals surface area contributed by atoms with Gasteiger partial charge in [-0.3, -0.25) is 0 Å². The van der Waals surface area contributed by atoms with Crippen molar-refractivity contribution in [1.82, 2.24) is 5.32 Å². The zero-order chi connectivity index (χ0) is 14.1. The first-order valence-electron chi connectivity index (χ1n) is 6.92. The summed E-state index contributed by atoms with van der Waals surface area (Å²) in [4.78, 5) is 0. The van der Waals surface area contributed by atoms with Crippen LogP contribution in [0.3, 0.4) is 0 Å². The molecule has 1 N–H and O–H groups in total. The standard InChI is InChI=1S/C15H23BrFNO/c1-3-8-19-9-7-14(18-4-2)10-12-5-6-13(16)11-15(12)17/h5-6,11,14,18H,3-4,7-10H2,1-2H3. The van der Waals surface area contributed by atoms with Gasteiger partial charge in [0.2, 0.25) is 0 Å². The summed E-state index contributed by atoms with van der Waals surface area (Å²) in [5.41, 5.74) is 0.754. The van der Waals surface area contributed by atoms with Crippen LogP contribution in [-0.2, 0) is 11.2 Å². The van der Waals surface area contributed by atoms with Gasteiger partial charge < -0.3 is 10.1 Å². The van der Waals surface area contributed by atoms with Crippen molar-refractivity contribution in [2.75, 3.05) is 19.8 Å². The van der Waals surface area contributed by atoms with Gasteiger partial charge in [0.25, 0.3) is 0 Å². The highest BCUT2D eigenvalue weighted by Crippen LogP contribution is 2.17. The van der Waals surface area contributed by atoms with Gasteiger partial charge in [-0.05, 0) is 43.5 Å². The van der Waals surface area contributed by atoms with Crippen molar-refractivity contribution in [2.24, 2.45) is 0 Å². The Morgan fingerprint density at radius 1 is 1.32 bits per heavy atom. The monoisotopic (exact) mass is 331 g/mol. The molecule has 1 aromatic carbocycles. The van der Waals surface area contributed by atoms with E-state index in [4.69, 9.17) is 4.74 Å². The number of ether oxygens (including phenoxy) is 1. The summed E-state index contributed by atoms with van der Waals surface area (Å²) in [6.07, 6.45) is 2.64. The number of nitrogens with one attached hydrogen (secondary N) is 1. The van der Waals surface area contributed by atoms with Gasteiger partial charge in [0, 0.05) is 23.7 Å². The van der Waals surface area contributed by atoms with E-state index in [1.807, 2.05) is 12.1 Å². The highest BCUT2D eigenvalue weighted by molar-refractivity contribution is 9.10. The number of halogens is 2. The van der Waals surface area contributed by atoms with Crippen LogP contribution >= 0.6 is 15.9 Å². The van der Waals surface area contributed by atoms with Crippen LogP contribution in [0.2, 0.25) is 0 Å². The summed E-state index contributed by atoms with van der Waals surface area (Å²) in [6.45, 7) is 6.57. The van der Waals surface area contributed by atoms with Gasteiger partial charge in [0.1, 0.15) is 5.82 Å². The molecule has 0 aliphatic carbocycles. The molecule has 4 heteroatoms. The Bertz CT molecular complexity index is 373. The Labute approximate surface area is 123 Å². The van der Waals surface area contributed by atoms with E-state index in [1.54, 1.807) is 0 Å². The first-order chi connectivity index (χ1) is 9.17. The fourth-order valence-electron chi connectivity index (χ4n) is 1.99. The van der Waals surface area contributed by atoms with Crippen molar-refractivity contribution < 1.29 is 9.13 Å². The zero-order valence-corrected chi connectivity index (χ0v) is 13.3. The Kier molecular flexibility index (Phi) is 8.26. The molecule has 1 aromatic rings. The molecule has 19 heavy (non-hydrogen) atoms. The zero-order valence-electron chi connectivity index (χ0n) is 11.7. The summed E-state index contributed by atoms with van der Waals surface area (Å²) in [5.74, 6) is -0.147. The normalized spacial score (nSPS) is 12.6. The van der Waals surface area contributed by atoms with E-state index in [1.165, 1.54) is 6.07 Å². The van der Waals surface area contributed by atoms with E-state index in [9.17, 15) is 4.39 Å². The molecule has 1 unspecified atom stereocenters. The van der Waals surface area contributed by atoms with Crippen LogP contribution in [0.15, 0.2) is 22.7 Å². The van der Waals surface area contributed by atoms with E-state index in [0.717, 1.165) is 42.6 Å². The summed E-state index contributed by atoms with van der Waals surface area (Å²) in [5, 5.41) is 3.39. The summed E-state index contributed by atoms with van der Waals surface area (Å²) in [6, 6.07) is 5.51. The average molecular weight is 332 g/mol. The maximum atomic E-state index is 13.8. The van der Waals surface area contributed by atoms with E-state index >= 15 is 0 Å². The number of likely N-dealkylation sites (N-methyl/N-ethyl adjacent to an activating group) is 1. The lowest BCUT2D eigenvalue weighted by Crippen LogP contribution is -2.32. The Morgan fingerprint density at radius 2 is 2.11 bits per heavy atom. The molecule has 1 atom stereocenters. The molecule has 0 aromatic heterocycles. The van der Waals surface area contributed by atoms with Crippen LogP contribution in [0, 0.1) is 5.82 Å². The molecule has 0 heterocycles. The number of hydrogen-bond acceptors (Lipinski definition) is 2. The van der Waals surface area contributed by atoms with Crippen LogP contribution in [0.25, 0.3) is 0 Å². The second kappa shape index (κ2) is 9.45. The lowest BCUT2D eigenvalue weighted by molar-refractivity contribution is 0.124. The van der Waals surface area contributed by atoms with Gasteiger partial charge >= 0.3 is 0 Å². The van der Waals surface area contributed by atoms with Crippen molar-refractivity contribution in [3.05, 3.63) is 34.1 Å². The van der Waals surface area contributed by atoms with Gasteiger partial charge in [-0.25, -0.2) is 4.39 Å². The third-order valence-corrected chi connectivity index (χ3v) is 3.43. The molecule has 0 aliphatic heterocycles. The molecule has 0 radical (unpaired) electrons. The first kappa shape index (κ1) is 16.6. The van der Waals surface area contributed by atoms with Crippen LogP contribution in [0.1, 0.15) is 32.3 Å². The van der Waals surface area contributed by atoms with E-state index in [-0.39, 0.29) is 11.9 Å². The van der Waals surface area contributed by atoms with Crippen molar-refractivity contribution in [3.8, 4) is 0 Å². The first-order valence-corrected chi connectivity index (χ1v) is 7.71. The van der Waals surface area contributed by atoms with E-state index in [2.05, 4.69) is 35.1 Å². The van der Waals surface area contributed by atoms with E-state index in [0.29, 0.717) is 6.42 Å². The summed E-state index contributed by atoms with van der Waals surface area (Å²) in [7, 11) is 0. The minimum absolute atomic E-state index is 0.147. The third-order valence-electron chi connectivity index (χ3n) is 2.93. The quantitative estimate of drug-likeness (QED) is 0.692. The Morgan fingerprint density at radius 3 is 2.74 bits per heavy atom. The smallest absolute Gasteiger partial charge is 0.127 e. The van der Waals surface area contributed by atoms with Crippen LogP contribution in [-0.4, -0.2) is 25.8 Å². The van der Waals surface area contributed by atoms with Crippen molar-refractivity contribution in [3.63, 3.8) is 0 Å². The molecule has 0 bridgehead atoms. The molecular weight excluding hydrogens is 309 g/mol. The van der Waals surface area contributed by atoms with Crippen LogP contribution < -0.4 is 5.32 Å². The maximum Gasteiger partial charge on any atom is 0.127 e. The third kappa shape index (κ3) is 6.50. The molecule has 0 saturated carbocycles. The Balaban J connectivity index is 2.51. The molecule has 1 rings (SSSR count). The van der Waals surface area contributed by atoms with E-state index < -0.39 is 0 Å². The van der Waals surface area contributed by atoms with Crippen molar-refractivity contribution >= 4 is 15.9 Å². The second-order valence-corrected chi connectivity index (χ2v) is 5.51. The van der Waals surface area contributed by atoms with Gasteiger partial charge in [0.05, 0.1) is 0 Å². The highest BCUT2D eigenvalue weighted by atomic mass is 79.9. The number of benzene rings is 1. The van der Waals surface area contributed by atoms with Gasteiger partial charge in [-0.15, -0.1) is 0 Å².